The highest BCUT2D eigenvalue weighted by molar-refractivity contribution is 6.46. The minimum Gasteiger partial charge on any atom is -0.306 e. The number of benzene rings is 1. The van der Waals surface area contributed by atoms with Crippen LogP contribution in [0.15, 0.2) is 52.0 Å². The van der Waals surface area contributed by atoms with Crippen molar-refractivity contribution >= 4 is 35.1 Å². The van der Waals surface area contributed by atoms with E-state index in [0.29, 0.717) is 30.0 Å². The number of nitrogens with one attached hydrogen (secondary N) is 2. The van der Waals surface area contributed by atoms with Crippen molar-refractivity contribution in [3.8, 4) is 0 Å². The van der Waals surface area contributed by atoms with Gasteiger partial charge in [-0.3, -0.25) is 19.9 Å². The van der Waals surface area contributed by atoms with Crippen LogP contribution in [0.4, 0.5) is 5.95 Å². The van der Waals surface area contributed by atoms with Gasteiger partial charge in [0.15, 0.2) is 0 Å². The van der Waals surface area contributed by atoms with E-state index < -0.39 is 5.66 Å². The number of hydrogen-bond donors (Lipinski definition) is 2. The molecule has 1 aliphatic heterocycles. The monoisotopic (exact) mass is 549 g/mol. The number of carbonyl (C=O) groups is 2. The Morgan fingerprint density at radius 1 is 1.15 bits per heavy atom. The molecule has 1 aromatic heterocycles. The lowest BCUT2D eigenvalue weighted by molar-refractivity contribution is -0.132. The van der Waals surface area contributed by atoms with Crippen LogP contribution in [0.25, 0.3) is 0 Å². The maximum atomic E-state index is 14.1. The molecule has 3 aliphatic rings. The van der Waals surface area contributed by atoms with E-state index in [9.17, 15) is 9.59 Å². The molecule has 1 atom stereocenters. The number of anilines is 1. The average molecular weight is 550 g/mol. The number of halogens is 1. The fourth-order valence-corrected chi connectivity index (χ4v) is 6.29. The lowest BCUT2D eigenvalue weighted by Gasteiger charge is -2.46. The van der Waals surface area contributed by atoms with E-state index in [-0.39, 0.29) is 29.2 Å². The Morgan fingerprint density at radius 2 is 1.87 bits per heavy atom. The zero-order valence-corrected chi connectivity index (χ0v) is 23.8. The summed E-state index contributed by atoms with van der Waals surface area (Å²) in [5.74, 6) is 0.358. The Kier molecular flexibility index (Phi) is 7.46. The molecule has 1 unspecified atom stereocenters. The predicted molar refractivity (Wildman–Crippen MR) is 151 cm³/mol. The third-order valence-corrected chi connectivity index (χ3v) is 8.80. The SMILES string of the molecule is CC(c1ccc(C(=O)Nc2nn[nH]n2)cc1)N1C(=O)C(C2=CCC=C(Cl)CC2)=NC12CCC(C(C)(C)C)CC2. The summed E-state index contributed by atoms with van der Waals surface area (Å²) in [6, 6.07) is 7.11. The lowest BCUT2D eigenvalue weighted by atomic mass is 9.69. The van der Waals surface area contributed by atoms with Crippen molar-refractivity contribution in [2.24, 2.45) is 16.3 Å². The molecule has 1 spiro atoms. The molecule has 1 fully saturated rings. The van der Waals surface area contributed by atoms with Gasteiger partial charge in [0.25, 0.3) is 17.8 Å². The molecular formula is C29H36ClN7O2. The van der Waals surface area contributed by atoms with E-state index in [2.05, 4.69) is 59.7 Å². The van der Waals surface area contributed by atoms with Crippen molar-refractivity contribution in [1.82, 2.24) is 25.5 Å². The fraction of sp³-hybridized carbons (Fsp3) is 0.517. The van der Waals surface area contributed by atoms with E-state index >= 15 is 0 Å². The van der Waals surface area contributed by atoms with Crippen LogP contribution < -0.4 is 5.32 Å². The van der Waals surface area contributed by atoms with Crippen molar-refractivity contribution in [3.63, 3.8) is 0 Å². The first-order chi connectivity index (χ1) is 18.6. The second-order valence-electron chi connectivity index (χ2n) is 11.9. The maximum Gasteiger partial charge on any atom is 0.274 e. The van der Waals surface area contributed by atoms with Crippen LogP contribution in [0.2, 0.25) is 0 Å². The summed E-state index contributed by atoms with van der Waals surface area (Å²) in [5, 5.41) is 16.7. The smallest absolute Gasteiger partial charge is 0.274 e. The normalized spacial score (nSPS) is 24.6. The van der Waals surface area contributed by atoms with Crippen LogP contribution in [-0.2, 0) is 4.79 Å². The summed E-state index contributed by atoms with van der Waals surface area (Å²) in [5.41, 5.74) is 2.66. The van der Waals surface area contributed by atoms with Crippen molar-refractivity contribution in [2.45, 2.75) is 84.3 Å². The Morgan fingerprint density at radius 3 is 2.51 bits per heavy atom. The molecule has 0 radical (unpaired) electrons. The van der Waals surface area contributed by atoms with Gasteiger partial charge in [0, 0.05) is 10.6 Å². The molecule has 39 heavy (non-hydrogen) atoms. The number of H-pyrrole nitrogens is 1. The number of rotatable bonds is 5. The van der Waals surface area contributed by atoms with Crippen LogP contribution in [0.5, 0.6) is 0 Å². The second-order valence-corrected chi connectivity index (χ2v) is 12.3. The van der Waals surface area contributed by atoms with Gasteiger partial charge in [-0.1, -0.05) is 61.8 Å². The van der Waals surface area contributed by atoms with Gasteiger partial charge >= 0.3 is 0 Å². The highest BCUT2D eigenvalue weighted by atomic mass is 35.5. The molecule has 0 saturated heterocycles. The van der Waals surface area contributed by atoms with E-state index in [0.717, 1.165) is 48.3 Å². The lowest BCUT2D eigenvalue weighted by Crippen LogP contribution is -2.50. The van der Waals surface area contributed by atoms with Crippen LogP contribution in [0.3, 0.4) is 0 Å². The first kappa shape index (κ1) is 27.2. The number of nitrogens with zero attached hydrogens (tertiary/aromatic N) is 5. The number of hydrogen-bond acceptors (Lipinski definition) is 6. The molecule has 2 N–H and O–H groups in total. The summed E-state index contributed by atoms with van der Waals surface area (Å²) >= 11 is 6.32. The first-order valence-electron chi connectivity index (χ1n) is 13.7. The van der Waals surface area contributed by atoms with Crippen LogP contribution in [-0.4, -0.2) is 48.7 Å². The summed E-state index contributed by atoms with van der Waals surface area (Å²) in [7, 11) is 0. The summed E-state index contributed by atoms with van der Waals surface area (Å²) in [6.45, 7) is 8.96. The topological polar surface area (TPSA) is 116 Å². The van der Waals surface area contributed by atoms with Crippen molar-refractivity contribution in [1.29, 1.82) is 0 Å². The third-order valence-electron chi connectivity index (χ3n) is 8.46. The highest BCUT2D eigenvalue weighted by Crippen LogP contribution is 2.49. The van der Waals surface area contributed by atoms with Crippen molar-refractivity contribution < 1.29 is 9.59 Å². The molecule has 5 rings (SSSR count). The molecule has 2 amide bonds. The Bertz CT molecular complexity index is 1310. The van der Waals surface area contributed by atoms with Gasteiger partial charge in [0.05, 0.1) is 6.04 Å². The number of aromatic nitrogens is 4. The Balaban J connectivity index is 1.41. The summed E-state index contributed by atoms with van der Waals surface area (Å²) in [4.78, 5) is 34.0. The molecule has 1 aromatic carbocycles. The van der Waals surface area contributed by atoms with E-state index in [1.165, 1.54) is 0 Å². The third kappa shape index (κ3) is 5.55. The molecule has 10 heteroatoms. The predicted octanol–water partition coefficient (Wildman–Crippen LogP) is 5.96. The van der Waals surface area contributed by atoms with Crippen molar-refractivity contribution in [3.05, 3.63) is 58.1 Å². The van der Waals surface area contributed by atoms with Gasteiger partial charge in [-0.25, -0.2) is 0 Å². The zero-order chi connectivity index (χ0) is 27.8. The second kappa shape index (κ2) is 10.7. The standard InChI is InChI=1S/C29H36ClN7O2/c1-18(19-8-10-21(11-9-19)25(38)31-27-33-35-36-34-27)37-26(39)24(20-6-5-7-23(30)13-12-20)32-29(37)16-14-22(15-17-29)28(2,3)4/h6-11,18,22H,5,12-17H2,1-4H3,(H2,31,33,34,35,36,38). The quantitative estimate of drug-likeness (QED) is 0.477. The van der Waals surface area contributed by atoms with Crippen molar-refractivity contribution in [2.75, 3.05) is 5.32 Å². The van der Waals surface area contributed by atoms with Gasteiger partial charge in [-0.15, -0.1) is 5.10 Å². The number of allylic oxidation sites excluding steroid dienone is 3. The summed E-state index contributed by atoms with van der Waals surface area (Å²) < 4.78 is 0. The number of aromatic amines is 1. The fourth-order valence-electron chi connectivity index (χ4n) is 6.11. The first-order valence-corrected chi connectivity index (χ1v) is 14.1. The molecular weight excluding hydrogens is 514 g/mol. The Labute approximate surface area is 234 Å². The van der Waals surface area contributed by atoms with E-state index in [1.807, 2.05) is 23.1 Å². The van der Waals surface area contributed by atoms with Crippen LogP contribution in [0.1, 0.15) is 94.6 Å². The number of aliphatic imine (C=N–C) groups is 1. The van der Waals surface area contributed by atoms with E-state index in [4.69, 9.17) is 16.6 Å². The van der Waals surface area contributed by atoms with Gasteiger partial charge in [-0.2, -0.15) is 5.21 Å². The largest absolute Gasteiger partial charge is 0.306 e. The van der Waals surface area contributed by atoms with Gasteiger partial charge in [-0.05, 0) is 91.7 Å². The minimum absolute atomic E-state index is 0.0140. The van der Waals surface area contributed by atoms with Gasteiger partial charge in [0.2, 0.25) is 0 Å². The molecule has 2 aromatic rings. The van der Waals surface area contributed by atoms with Gasteiger partial charge < -0.3 is 4.90 Å². The Hall–Kier alpha value is -3.33. The molecule has 2 aliphatic carbocycles. The highest BCUT2D eigenvalue weighted by Gasteiger charge is 2.52. The number of tetrazole rings is 1. The zero-order valence-electron chi connectivity index (χ0n) is 23.0. The summed E-state index contributed by atoms with van der Waals surface area (Å²) in [6.07, 6.45) is 9.99. The number of carbonyl (C=O) groups excluding carboxylic acids is 2. The van der Waals surface area contributed by atoms with Gasteiger partial charge in [0.1, 0.15) is 11.4 Å². The maximum absolute atomic E-state index is 14.1. The molecule has 1 saturated carbocycles. The number of amides is 2. The van der Waals surface area contributed by atoms with Crippen LogP contribution >= 0.6 is 11.6 Å². The molecule has 9 nitrogen and oxygen atoms in total. The average Bonchev–Trinajstić information content (AvgIpc) is 3.44. The van der Waals surface area contributed by atoms with E-state index in [1.54, 1.807) is 12.1 Å². The minimum atomic E-state index is -0.563. The molecule has 2 heterocycles. The van der Waals surface area contributed by atoms with Crippen LogP contribution in [0, 0.1) is 11.3 Å². The molecule has 0 bridgehead atoms. The molecule has 206 valence electrons.